The van der Waals surface area contributed by atoms with Gasteiger partial charge in [0.15, 0.2) is 0 Å². The van der Waals surface area contributed by atoms with E-state index in [9.17, 15) is 4.79 Å². The molecule has 0 aliphatic carbocycles. The minimum absolute atomic E-state index is 0.309. The summed E-state index contributed by atoms with van der Waals surface area (Å²) in [5.74, 6) is -0.540. The second-order valence-corrected chi connectivity index (χ2v) is 3.95. The number of hydrogen-bond acceptors (Lipinski definition) is 3. The zero-order chi connectivity index (χ0) is 12.3. The molecule has 0 unspecified atom stereocenters. The molecule has 0 bridgehead atoms. The predicted molar refractivity (Wildman–Crippen MR) is 66.0 cm³/mol. The number of hydrogen-bond donors (Lipinski definition) is 2. The standard InChI is InChI=1S/C12H11ClN2O2/c13-11-2-1-9(5-10(11)12(14)16)15-6-8-3-4-17-7-8/h1-5,7,15H,6H2,(H2,14,16). The first-order valence-corrected chi connectivity index (χ1v) is 5.39. The molecule has 88 valence electrons. The fourth-order valence-corrected chi connectivity index (χ4v) is 1.63. The number of nitrogens with one attached hydrogen (secondary N) is 1. The Bertz CT molecular complexity index is 523. The average Bonchev–Trinajstić information content (AvgIpc) is 2.80. The summed E-state index contributed by atoms with van der Waals surface area (Å²) in [6, 6.07) is 6.91. The Hall–Kier alpha value is -1.94. The molecular weight excluding hydrogens is 240 g/mol. The van der Waals surface area contributed by atoms with Crippen LogP contribution >= 0.6 is 11.6 Å². The highest BCUT2D eigenvalue weighted by Crippen LogP contribution is 2.20. The van der Waals surface area contributed by atoms with Crippen molar-refractivity contribution in [2.24, 2.45) is 5.73 Å². The fraction of sp³-hybridized carbons (Fsp3) is 0.0833. The van der Waals surface area contributed by atoms with Gasteiger partial charge in [-0.2, -0.15) is 0 Å². The molecule has 1 heterocycles. The number of primary amides is 1. The van der Waals surface area contributed by atoms with E-state index in [4.69, 9.17) is 21.8 Å². The van der Waals surface area contributed by atoms with Gasteiger partial charge < -0.3 is 15.5 Å². The van der Waals surface area contributed by atoms with E-state index in [0.29, 0.717) is 17.1 Å². The average molecular weight is 251 g/mol. The van der Waals surface area contributed by atoms with Gasteiger partial charge >= 0.3 is 0 Å². The highest BCUT2D eigenvalue weighted by atomic mass is 35.5. The minimum Gasteiger partial charge on any atom is -0.472 e. The van der Waals surface area contributed by atoms with Crippen LogP contribution in [0.4, 0.5) is 5.69 Å². The largest absolute Gasteiger partial charge is 0.472 e. The first-order valence-electron chi connectivity index (χ1n) is 5.01. The summed E-state index contributed by atoms with van der Waals surface area (Å²) >= 11 is 5.85. The number of amides is 1. The van der Waals surface area contributed by atoms with Crippen LogP contribution in [0.1, 0.15) is 15.9 Å². The van der Waals surface area contributed by atoms with Crippen LogP contribution in [-0.4, -0.2) is 5.91 Å². The monoisotopic (exact) mass is 250 g/mol. The Morgan fingerprint density at radius 3 is 2.88 bits per heavy atom. The zero-order valence-electron chi connectivity index (χ0n) is 8.94. The number of furan rings is 1. The summed E-state index contributed by atoms with van der Waals surface area (Å²) in [5.41, 5.74) is 7.31. The van der Waals surface area contributed by atoms with E-state index in [-0.39, 0.29) is 0 Å². The summed E-state index contributed by atoms with van der Waals surface area (Å²) in [4.78, 5) is 11.1. The topological polar surface area (TPSA) is 68.3 Å². The van der Waals surface area contributed by atoms with Gasteiger partial charge in [-0.25, -0.2) is 0 Å². The SMILES string of the molecule is NC(=O)c1cc(NCc2ccoc2)ccc1Cl. The molecule has 0 aliphatic rings. The van der Waals surface area contributed by atoms with E-state index in [0.717, 1.165) is 11.3 Å². The molecule has 1 amide bonds. The Morgan fingerprint density at radius 1 is 1.41 bits per heavy atom. The number of halogens is 1. The van der Waals surface area contributed by atoms with Crippen LogP contribution < -0.4 is 11.1 Å². The van der Waals surface area contributed by atoms with Crippen LogP contribution in [0.15, 0.2) is 41.2 Å². The maximum Gasteiger partial charge on any atom is 0.250 e. The highest BCUT2D eigenvalue weighted by molar-refractivity contribution is 6.33. The van der Waals surface area contributed by atoms with Crippen molar-refractivity contribution in [2.75, 3.05) is 5.32 Å². The Labute approximate surface area is 103 Å². The lowest BCUT2D eigenvalue weighted by atomic mass is 10.2. The lowest BCUT2D eigenvalue weighted by molar-refractivity contribution is 0.100. The van der Waals surface area contributed by atoms with Crippen LogP contribution in [0.25, 0.3) is 0 Å². The molecule has 0 aliphatic heterocycles. The molecule has 0 atom stereocenters. The molecule has 0 radical (unpaired) electrons. The van der Waals surface area contributed by atoms with Gasteiger partial charge in [0.05, 0.1) is 23.1 Å². The fourth-order valence-electron chi connectivity index (χ4n) is 1.42. The number of rotatable bonds is 4. The van der Waals surface area contributed by atoms with Crippen LogP contribution in [0, 0.1) is 0 Å². The number of carbonyl (C=O) groups is 1. The number of benzene rings is 1. The van der Waals surface area contributed by atoms with E-state index < -0.39 is 5.91 Å². The van der Waals surface area contributed by atoms with Crippen molar-refractivity contribution in [3.63, 3.8) is 0 Å². The molecule has 17 heavy (non-hydrogen) atoms. The van der Waals surface area contributed by atoms with Crippen molar-refractivity contribution >= 4 is 23.2 Å². The smallest absolute Gasteiger partial charge is 0.250 e. The van der Waals surface area contributed by atoms with E-state index in [1.54, 1.807) is 30.7 Å². The molecule has 2 rings (SSSR count). The third-order valence-electron chi connectivity index (χ3n) is 2.31. The maximum absolute atomic E-state index is 11.1. The van der Waals surface area contributed by atoms with Gasteiger partial charge in [-0.1, -0.05) is 11.6 Å². The number of nitrogens with two attached hydrogens (primary N) is 1. The molecule has 0 saturated carbocycles. The summed E-state index contributed by atoms with van der Waals surface area (Å²) in [7, 11) is 0. The molecule has 0 fully saturated rings. The third-order valence-corrected chi connectivity index (χ3v) is 2.64. The van der Waals surface area contributed by atoms with Gasteiger partial charge in [0.2, 0.25) is 5.91 Å². The predicted octanol–water partition coefficient (Wildman–Crippen LogP) is 2.64. The van der Waals surface area contributed by atoms with E-state index in [1.807, 2.05) is 6.07 Å². The van der Waals surface area contributed by atoms with Gasteiger partial charge in [-0.15, -0.1) is 0 Å². The van der Waals surface area contributed by atoms with Crippen LogP contribution in [0.3, 0.4) is 0 Å². The lowest BCUT2D eigenvalue weighted by Crippen LogP contribution is -2.12. The Kier molecular flexibility index (Phi) is 3.35. The summed E-state index contributed by atoms with van der Waals surface area (Å²) in [6.45, 7) is 0.607. The first-order chi connectivity index (χ1) is 8.16. The summed E-state index contributed by atoms with van der Waals surface area (Å²) < 4.78 is 4.95. The summed E-state index contributed by atoms with van der Waals surface area (Å²) in [5, 5.41) is 3.50. The van der Waals surface area contributed by atoms with Crippen LogP contribution in [0.2, 0.25) is 5.02 Å². The maximum atomic E-state index is 11.1. The molecule has 3 N–H and O–H groups in total. The van der Waals surface area contributed by atoms with Crippen LogP contribution in [-0.2, 0) is 6.54 Å². The molecule has 2 aromatic rings. The summed E-state index contributed by atoms with van der Waals surface area (Å²) in [6.07, 6.45) is 3.26. The second-order valence-electron chi connectivity index (χ2n) is 3.54. The molecule has 0 spiro atoms. The molecular formula is C12H11ClN2O2. The van der Waals surface area contributed by atoms with E-state index in [2.05, 4.69) is 5.32 Å². The number of carbonyl (C=O) groups excluding carboxylic acids is 1. The molecule has 0 saturated heterocycles. The van der Waals surface area contributed by atoms with Gasteiger partial charge in [0.25, 0.3) is 0 Å². The minimum atomic E-state index is -0.540. The quantitative estimate of drug-likeness (QED) is 0.877. The molecule has 1 aromatic heterocycles. The third kappa shape index (κ3) is 2.79. The van der Waals surface area contributed by atoms with Crippen molar-refractivity contribution in [1.82, 2.24) is 0 Å². The highest BCUT2D eigenvalue weighted by Gasteiger charge is 2.07. The van der Waals surface area contributed by atoms with Gasteiger partial charge in [0, 0.05) is 17.8 Å². The van der Waals surface area contributed by atoms with Crippen molar-refractivity contribution in [3.8, 4) is 0 Å². The van der Waals surface area contributed by atoms with Crippen molar-refractivity contribution in [2.45, 2.75) is 6.54 Å². The molecule has 4 nitrogen and oxygen atoms in total. The molecule has 5 heteroatoms. The lowest BCUT2D eigenvalue weighted by Gasteiger charge is -2.07. The van der Waals surface area contributed by atoms with Gasteiger partial charge in [-0.05, 0) is 24.3 Å². The van der Waals surface area contributed by atoms with Crippen molar-refractivity contribution in [1.29, 1.82) is 0 Å². The Balaban J connectivity index is 2.11. The normalized spacial score (nSPS) is 10.2. The van der Waals surface area contributed by atoms with Gasteiger partial charge in [-0.3, -0.25) is 4.79 Å². The van der Waals surface area contributed by atoms with Crippen molar-refractivity contribution < 1.29 is 9.21 Å². The second kappa shape index (κ2) is 4.93. The zero-order valence-corrected chi connectivity index (χ0v) is 9.70. The van der Waals surface area contributed by atoms with Crippen LogP contribution in [0.5, 0.6) is 0 Å². The first kappa shape index (κ1) is 11.5. The Morgan fingerprint density at radius 2 is 2.24 bits per heavy atom. The van der Waals surface area contributed by atoms with Crippen molar-refractivity contribution in [3.05, 3.63) is 52.9 Å². The van der Waals surface area contributed by atoms with Gasteiger partial charge in [0.1, 0.15) is 0 Å². The molecule has 1 aromatic carbocycles. The van der Waals surface area contributed by atoms with E-state index in [1.165, 1.54) is 0 Å². The van der Waals surface area contributed by atoms with E-state index >= 15 is 0 Å². The number of anilines is 1.